The van der Waals surface area contributed by atoms with E-state index in [1.54, 1.807) is 29.2 Å². The summed E-state index contributed by atoms with van der Waals surface area (Å²) in [5, 5.41) is 0.587. The summed E-state index contributed by atoms with van der Waals surface area (Å²) in [6.07, 6.45) is 0. The van der Waals surface area contributed by atoms with Crippen molar-refractivity contribution in [1.82, 2.24) is 9.80 Å². The summed E-state index contributed by atoms with van der Waals surface area (Å²) in [5.41, 5.74) is 1.07. The maximum Gasteiger partial charge on any atom is 0.327 e. The number of hydrogen-bond acceptors (Lipinski definition) is 4. The molecule has 2 aromatic carbocycles. The van der Waals surface area contributed by atoms with Crippen LogP contribution in [-0.4, -0.2) is 55.0 Å². The molecule has 5 nitrogen and oxygen atoms in total. The number of esters is 1. The normalized spacial score (nSPS) is 15.9. The molecule has 0 saturated carbocycles. The molecule has 0 bridgehead atoms. The Labute approximate surface area is 176 Å². The predicted octanol–water partition coefficient (Wildman–Crippen LogP) is 3.91. The van der Waals surface area contributed by atoms with E-state index in [9.17, 15) is 14.0 Å². The van der Waals surface area contributed by atoms with Gasteiger partial charge in [-0.05, 0) is 51.8 Å². The lowest BCUT2D eigenvalue weighted by Crippen LogP contribution is -2.51. The zero-order chi connectivity index (χ0) is 20.3. The Balaban J connectivity index is 1.73. The second-order valence-corrected chi connectivity index (χ2v) is 7.72. The maximum absolute atomic E-state index is 13.5. The highest BCUT2D eigenvalue weighted by Gasteiger charge is 2.33. The minimum atomic E-state index is -0.569. The molecule has 1 aliphatic heterocycles. The Kier molecular flexibility index (Phi) is 6.69. The van der Waals surface area contributed by atoms with Crippen molar-refractivity contribution >= 4 is 39.4 Å². The molecule has 1 aliphatic rings. The number of methoxy groups -OCH3 is 1. The minimum absolute atomic E-state index is 0.243. The Bertz CT molecular complexity index is 870. The van der Waals surface area contributed by atoms with E-state index in [-0.39, 0.29) is 17.4 Å². The van der Waals surface area contributed by atoms with Crippen LogP contribution in [0.5, 0.6) is 0 Å². The molecule has 1 heterocycles. The number of nitrogens with zero attached hydrogens (tertiary/aromatic N) is 2. The summed E-state index contributed by atoms with van der Waals surface area (Å²) in [5.74, 6) is -1.07. The van der Waals surface area contributed by atoms with Gasteiger partial charge >= 0.3 is 5.97 Å². The van der Waals surface area contributed by atoms with Gasteiger partial charge in [0.05, 0.1) is 12.7 Å². The number of benzene rings is 2. The number of halogens is 3. The van der Waals surface area contributed by atoms with Crippen LogP contribution in [0.1, 0.15) is 22.0 Å². The molecule has 1 amide bonds. The fourth-order valence-corrected chi connectivity index (χ4v) is 3.81. The van der Waals surface area contributed by atoms with Gasteiger partial charge in [0.15, 0.2) is 0 Å². The molecule has 0 aliphatic carbocycles. The highest BCUT2D eigenvalue weighted by atomic mass is 79.9. The van der Waals surface area contributed by atoms with E-state index >= 15 is 0 Å². The van der Waals surface area contributed by atoms with Gasteiger partial charge in [0.1, 0.15) is 11.9 Å². The van der Waals surface area contributed by atoms with Gasteiger partial charge in [-0.2, -0.15) is 0 Å². The molecule has 1 saturated heterocycles. The van der Waals surface area contributed by atoms with Crippen molar-refractivity contribution < 1.29 is 18.7 Å². The third-order valence-electron chi connectivity index (χ3n) is 4.74. The van der Waals surface area contributed by atoms with Crippen LogP contribution in [0.4, 0.5) is 4.39 Å². The first kappa shape index (κ1) is 20.8. The van der Waals surface area contributed by atoms with Gasteiger partial charge in [0.2, 0.25) is 0 Å². The summed E-state index contributed by atoms with van der Waals surface area (Å²) < 4.78 is 19.1. The summed E-state index contributed by atoms with van der Waals surface area (Å²) in [6, 6.07) is 10.5. The predicted molar refractivity (Wildman–Crippen MR) is 108 cm³/mol. The lowest BCUT2D eigenvalue weighted by Gasteiger charge is -2.38. The third-order valence-corrected chi connectivity index (χ3v) is 5.68. The van der Waals surface area contributed by atoms with Crippen LogP contribution in [0.3, 0.4) is 0 Å². The van der Waals surface area contributed by atoms with Crippen molar-refractivity contribution in [2.75, 3.05) is 33.3 Å². The largest absolute Gasteiger partial charge is 0.468 e. The van der Waals surface area contributed by atoms with Crippen LogP contribution >= 0.6 is 27.5 Å². The fourth-order valence-electron chi connectivity index (χ4n) is 3.27. The molecule has 1 atom stereocenters. The number of carbonyl (C=O) groups is 2. The first-order valence-corrected chi connectivity index (χ1v) is 9.89. The van der Waals surface area contributed by atoms with Crippen LogP contribution in [0.2, 0.25) is 5.02 Å². The summed E-state index contributed by atoms with van der Waals surface area (Å²) in [7, 11) is 1.35. The Morgan fingerprint density at radius 2 is 1.75 bits per heavy atom. The van der Waals surface area contributed by atoms with Gasteiger partial charge < -0.3 is 9.64 Å². The van der Waals surface area contributed by atoms with Crippen molar-refractivity contribution in [3.8, 4) is 0 Å². The van der Waals surface area contributed by atoms with Gasteiger partial charge in [0.25, 0.3) is 5.91 Å². The molecular formula is C20H19BrClFN2O3. The average molecular weight is 470 g/mol. The van der Waals surface area contributed by atoms with E-state index < -0.39 is 11.9 Å². The quantitative estimate of drug-likeness (QED) is 0.637. The maximum atomic E-state index is 13.5. The van der Waals surface area contributed by atoms with Crippen LogP contribution in [0.15, 0.2) is 46.9 Å². The Morgan fingerprint density at radius 3 is 2.36 bits per heavy atom. The van der Waals surface area contributed by atoms with Crippen molar-refractivity contribution in [3.63, 3.8) is 0 Å². The molecule has 3 rings (SSSR count). The second kappa shape index (κ2) is 9.03. The molecule has 0 unspecified atom stereocenters. The fraction of sp³-hybridized carbons (Fsp3) is 0.300. The minimum Gasteiger partial charge on any atom is -0.468 e. The molecule has 0 radical (unpaired) electrons. The number of piperazine rings is 1. The van der Waals surface area contributed by atoms with Gasteiger partial charge in [-0.1, -0.05) is 23.7 Å². The first-order valence-electron chi connectivity index (χ1n) is 8.72. The third kappa shape index (κ3) is 4.54. The van der Waals surface area contributed by atoms with E-state index in [1.807, 2.05) is 4.90 Å². The van der Waals surface area contributed by atoms with Crippen molar-refractivity contribution in [2.24, 2.45) is 0 Å². The summed E-state index contributed by atoms with van der Waals surface area (Å²) in [4.78, 5) is 28.8. The Morgan fingerprint density at radius 1 is 1.11 bits per heavy atom. The second-order valence-electron chi connectivity index (χ2n) is 6.43. The molecule has 28 heavy (non-hydrogen) atoms. The van der Waals surface area contributed by atoms with E-state index in [2.05, 4.69) is 15.9 Å². The van der Waals surface area contributed by atoms with Crippen molar-refractivity contribution in [3.05, 3.63) is 68.9 Å². The molecule has 8 heteroatoms. The highest BCUT2D eigenvalue weighted by molar-refractivity contribution is 9.10. The lowest BCUT2D eigenvalue weighted by atomic mass is 10.0. The number of amides is 1. The molecular weight excluding hydrogens is 451 g/mol. The molecule has 0 spiro atoms. The zero-order valence-corrected chi connectivity index (χ0v) is 17.5. The van der Waals surface area contributed by atoms with Crippen LogP contribution in [-0.2, 0) is 9.53 Å². The molecule has 0 aromatic heterocycles. The lowest BCUT2D eigenvalue weighted by molar-refractivity contribution is -0.148. The Hall–Kier alpha value is -1.96. The van der Waals surface area contributed by atoms with Gasteiger partial charge in [0, 0.05) is 35.7 Å². The standard InChI is InChI=1S/C20H19BrClFN2O3/c1-28-20(27)18(13-2-4-14(22)5-3-13)24-8-10-25(11-9-24)19(26)16-12-15(23)6-7-17(16)21/h2-7,12,18H,8-11H2,1H3/t18-/m1/s1. The topological polar surface area (TPSA) is 49.9 Å². The van der Waals surface area contributed by atoms with E-state index in [0.717, 1.165) is 5.56 Å². The van der Waals surface area contributed by atoms with Crippen molar-refractivity contribution in [2.45, 2.75) is 6.04 Å². The molecule has 148 valence electrons. The number of rotatable bonds is 4. The van der Waals surface area contributed by atoms with Crippen LogP contribution in [0, 0.1) is 5.82 Å². The molecule has 1 fully saturated rings. The van der Waals surface area contributed by atoms with Gasteiger partial charge in [-0.3, -0.25) is 9.69 Å². The van der Waals surface area contributed by atoms with Gasteiger partial charge in [-0.25, -0.2) is 9.18 Å². The monoisotopic (exact) mass is 468 g/mol. The van der Waals surface area contributed by atoms with Crippen molar-refractivity contribution in [1.29, 1.82) is 0 Å². The smallest absolute Gasteiger partial charge is 0.327 e. The van der Waals surface area contributed by atoms with E-state index in [4.69, 9.17) is 16.3 Å². The molecule has 2 aromatic rings. The van der Waals surface area contributed by atoms with Crippen LogP contribution in [0.25, 0.3) is 0 Å². The van der Waals surface area contributed by atoms with Crippen LogP contribution < -0.4 is 0 Å². The van der Waals surface area contributed by atoms with E-state index in [1.165, 1.54) is 25.3 Å². The number of ether oxygens (including phenoxy) is 1. The molecule has 0 N–H and O–H groups in total. The summed E-state index contributed by atoms with van der Waals surface area (Å²) >= 11 is 9.25. The zero-order valence-electron chi connectivity index (χ0n) is 15.2. The summed E-state index contributed by atoms with van der Waals surface area (Å²) in [6.45, 7) is 1.81. The van der Waals surface area contributed by atoms with Gasteiger partial charge in [-0.15, -0.1) is 0 Å². The SMILES string of the molecule is COC(=O)[C@@H](c1ccc(Cl)cc1)N1CCN(C(=O)c2cc(F)ccc2Br)CC1. The average Bonchev–Trinajstić information content (AvgIpc) is 2.71. The highest BCUT2D eigenvalue weighted by Crippen LogP contribution is 2.26. The number of hydrogen-bond donors (Lipinski definition) is 0. The first-order chi connectivity index (χ1) is 13.4. The number of carbonyl (C=O) groups excluding carboxylic acids is 2. The van der Waals surface area contributed by atoms with E-state index in [0.29, 0.717) is 35.7 Å².